The van der Waals surface area contributed by atoms with E-state index in [1.165, 1.54) is 12.1 Å². The number of allylic oxidation sites excluding steroid dienone is 2. The number of pyridine rings is 2. The first kappa shape index (κ1) is 40.6. The second-order valence-electron chi connectivity index (χ2n) is 15.1. The number of amides is 2. The Morgan fingerprint density at radius 1 is 0.672 bits per heavy atom. The molecule has 2 amide bonds. The quantitative estimate of drug-likeness (QED) is 0.143. The number of hydrogen-bond acceptors (Lipinski definition) is 8. The van der Waals surface area contributed by atoms with Crippen LogP contribution in [0.4, 0.5) is 8.78 Å². The molecule has 0 aliphatic carbocycles. The highest BCUT2D eigenvalue weighted by Gasteiger charge is 2.51. The van der Waals surface area contributed by atoms with E-state index in [4.69, 9.17) is 0 Å². The van der Waals surface area contributed by atoms with Gasteiger partial charge in [0.2, 0.25) is 11.8 Å². The average Bonchev–Trinajstić information content (AvgIpc) is 3.98. The standard InChI is InChI=1S/2C22H24FN3O3/c2*1-2-5-13-8-9-18-19-15(11-26(18)22(13)29)16(12-27)20(25-19)21(28)24-10-14-6-3-4-7-17(14)23/h2*2-9,15-16,19-20,25,27H,10-12H2,1H3,(H,24,28)/b5-2+;5-2-/t2*15-,16-,19+,20-/m11/s1. The molecule has 6 N–H and O–H groups in total. The average molecular weight is 795 g/mol. The fourth-order valence-electron chi connectivity index (χ4n) is 9.02. The largest absolute Gasteiger partial charge is 0.396 e. The number of rotatable bonds is 10. The van der Waals surface area contributed by atoms with E-state index in [0.717, 1.165) is 11.4 Å². The fourth-order valence-corrected chi connectivity index (χ4v) is 9.02. The summed E-state index contributed by atoms with van der Waals surface area (Å²) in [4.78, 5) is 50.9. The van der Waals surface area contributed by atoms with Gasteiger partial charge in [0.1, 0.15) is 11.6 Å². The normalized spacial score (nSPS) is 25.2. The van der Waals surface area contributed by atoms with Crippen LogP contribution in [0.2, 0.25) is 0 Å². The number of carbonyl (C=O) groups excluding carboxylic acids is 2. The molecule has 58 heavy (non-hydrogen) atoms. The van der Waals surface area contributed by atoms with Crippen LogP contribution in [0.5, 0.6) is 0 Å². The van der Waals surface area contributed by atoms with E-state index in [-0.39, 0.29) is 96.6 Å². The summed E-state index contributed by atoms with van der Waals surface area (Å²) in [6, 6.07) is 18.4. The van der Waals surface area contributed by atoms with Crippen LogP contribution in [-0.2, 0) is 35.8 Å². The number of aliphatic hydroxyl groups excluding tert-OH is 2. The van der Waals surface area contributed by atoms with Crippen molar-refractivity contribution in [2.45, 2.75) is 64.2 Å². The lowest BCUT2D eigenvalue weighted by Crippen LogP contribution is -2.46. The first-order valence-corrected chi connectivity index (χ1v) is 19.6. The van der Waals surface area contributed by atoms with Gasteiger partial charge in [-0.2, -0.15) is 0 Å². The molecule has 4 aromatic rings. The molecule has 2 fully saturated rings. The minimum atomic E-state index is -0.596. The molecule has 4 aliphatic heterocycles. The van der Waals surface area contributed by atoms with Crippen molar-refractivity contribution in [1.82, 2.24) is 30.4 Å². The van der Waals surface area contributed by atoms with E-state index in [2.05, 4.69) is 21.3 Å². The van der Waals surface area contributed by atoms with Gasteiger partial charge in [-0.15, -0.1) is 0 Å². The van der Waals surface area contributed by atoms with Crippen molar-refractivity contribution in [3.05, 3.63) is 151 Å². The van der Waals surface area contributed by atoms with Gasteiger partial charge in [-0.3, -0.25) is 29.8 Å². The molecule has 14 heteroatoms. The Balaban J connectivity index is 0.000000177. The third-order valence-corrected chi connectivity index (χ3v) is 11.9. The van der Waals surface area contributed by atoms with E-state index in [0.29, 0.717) is 35.3 Å². The van der Waals surface area contributed by atoms with Gasteiger partial charge in [0.05, 0.1) is 24.2 Å². The third kappa shape index (κ3) is 7.72. The van der Waals surface area contributed by atoms with Crippen LogP contribution in [0.15, 0.2) is 94.5 Å². The smallest absolute Gasteiger partial charge is 0.258 e. The summed E-state index contributed by atoms with van der Waals surface area (Å²) in [5.41, 5.74) is 3.60. The molecule has 4 aliphatic rings. The zero-order valence-corrected chi connectivity index (χ0v) is 32.3. The number of nitrogens with one attached hydrogen (secondary N) is 4. The maximum Gasteiger partial charge on any atom is 0.258 e. The third-order valence-electron chi connectivity index (χ3n) is 11.9. The van der Waals surface area contributed by atoms with Crippen molar-refractivity contribution in [3.63, 3.8) is 0 Å². The summed E-state index contributed by atoms with van der Waals surface area (Å²) in [6.07, 6.45) is 7.20. The molecule has 0 bridgehead atoms. The Hall–Kier alpha value is -5.54. The minimum Gasteiger partial charge on any atom is -0.396 e. The highest BCUT2D eigenvalue weighted by molar-refractivity contribution is 5.83. The molecule has 2 saturated heterocycles. The summed E-state index contributed by atoms with van der Waals surface area (Å²) >= 11 is 0. The van der Waals surface area contributed by atoms with E-state index < -0.39 is 12.1 Å². The van der Waals surface area contributed by atoms with Gasteiger partial charge in [-0.05, 0) is 50.2 Å². The molecule has 12 nitrogen and oxygen atoms in total. The topological polar surface area (TPSA) is 167 Å². The Morgan fingerprint density at radius 3 is 1.43 bits per heavy atom. The van der Waals surface area contributed by atoms with Crippen molar-refractivity contribution in [1.29, 1.82) is 0 Å². The lowest BCUT2D eigenvalue weighted by atomic mass is 9.88. The molecule has 6 heterocycles. The zero-order valence-electron chi connectivity index (χ0n) is 32.3. The van der Waals surface area contributed by atoms with Crippen LogP contribution >= 0.6 is 0 Å². The fraction of sp³-hybridized carbons (Fsp3) is 0.364. The molecule has 0 saturated carbocycles. The number of aliphatic hydroxyl groups is 2. The number of aromatic nitrogens is 2. The number of nitrogens with zero attached hydrogens (tertiary/aromatic N) is 2. The van der Waals surface area contributed by atoms with Crippen molar-refractivity contribution in [2.75, 3.05) is 13.2 Å². The van der Waals surface area contributed by atoms with Gasteiger partial charge >= 0.3 is 0 Å². The minimum absolute atomic E-state index is 0.0576. The second-order valence-corrected chi connectivity index (χ2v) is 15.1. The lowest BCUT2D eigenvalue weighted by molar-refractivity contribution is -0.125. The number of fused-ring (bicyclic) bond motifs is 6. The van der Waals surface area contributed by atoms with Gasteiger partial charge < -0.3 is 30.0 Å². The molecular weight excluding hydrogens is 747 g/mol. The van der Waals surface area contributed by atoms with Crippen LogP contribution in [-0.4, -0.2) is 56.5 Å². The van der Waals surface area contributed by atoms with Crippen molar-refractivity contribution in [3.8, 4) is 0 Å². The van der Waals surface area contributed by atoms with Crippen molar-refractivity contribution < 1.29 is 28.6 Å². The van der Waals surface area contributed by atoms with E-state index in [9.17, 15) is 38.2 Å². The molecule has 304 valence electrons. The lowest BCUT2D eigenvalue weighted by Gasteiger charge is -2.21. The van der Waals surface area contributed by atoms with Crippen molar-refractivity contribution in [2.24, 2.45) is 23.7 Å². The maximum absolute atomic E-state index is 13.8. The molecular formula is C44H48F2N6O6. The predicted molar refractivity (Wildman–Crippen MR) is 215 cm³/mol. The van der Waals surface area contributed by atoms with Crippen LogP contribution < -0.4 is 32.4 Å². The van der Waals surface area contributed by atoms with Gasteiger partial charge in [-0.25, -0.2) is 8.78 Å². The van der Waals surface area contributed by atoms with Gasteiger partial charge in [-0.1, -0.05) is 60.7 Å². The SMILES string of the molecule is C/C=C/c1ccc2n(c1=O)C[C@@H]1[C@@H](CO)[C@H](C(=O)NCc3ccccc3F)N[C@H]21.C/C=C\c1ccc2n(c1=O)C[C@@H]1[C@@H](CO)[C@H](C(=O)NCc3ccccc3F)N[C@H]21. The summed E-state index contributed by atoms with van der Waals surface area (Å²) < 4.78 is 31.0. The van der Waals surface area contributed by atoms with E-state index in [1.54, 1.807) is 69.8 Å². The number of hydrogen-bond donors (Lipinski definition) is 6. The molecule has 0 spiro atoms. The predicted octanol–water partition coefficient (Wildman–Crippen LogP) is 3.18. The zero-order chi connectivity index (χ0) is 41.1. The molecule has 2 aromatic carbocycles. The molecule has 0 radical (unpaired) electrons. The maximum atomic E-state index is 13.8. The molecule has 8 rings (SSSR count). The highest BCUT2D eigenvalue weighted by Crippen LogP contribution is 2.43. The van der Waals surface area contributed by atoms with Gasteiger partial charge in [0.25, 0.3) is 11.1 Å². The molecule has 2 aromatic heterocycles. The Morgan fingerprint density at radius 2 is 1.07 bits per heavy atom. The Kier molecular flexibility index (Phi) is 12.3. The van der Waals surface area contributed by atoms with E-state index >= 15 is 0 Å². The first-order valence-electron chi connectivity index (χ1n) is 19.6. The summed E-state index contributed by atoms with van der Waals surface area (Å²) in [5, 5.41) is 32.1. The van der Waals surface area contributed by atoms with Crippen molar-refractivity contribution >= 4 is 24.0 Å². The number of benzene rings is 2. The van der Waals surface area contributed by atoms with Crippen LogP contribution in [0.1, 0.15) is 59.6 Å². The second kappa shape index (κ2) is 17.5. The Labute approximate surface area is 334 Å². The molecule has 0 unspecified atom stereocenters. The van der Waals surface area contributed by atoms with Gasteiger partial charge in [0.15, 0.2) is 0 Å². The summed E-state index contributed by atoms with van der Waals surface area (Å²) in [7, 11) is 0. The van der Waals surface area contributed by atoms with Crippen LogP contribution in [0.25, 0.3) is 12.2 Å². The number of halogens is 2. The summed E-state index contributed by atoms with van der Waals surface area (Å²) in [5.74, 6) is -2.06. The van der Waals surface area contributed by atoms with Crippen LogP contribution in [0, 0.1) is 35.3 Å². The monoisotopic (exact) mass is 794 g/mol. The van der Waals surface area contributed by atoms with Gasteiger partial charge in [0, 0.05) is 96.7 Å². The summed E-state index contributed by atoms with van der Waals surface area (Å²) in [6.45, 7) is 4.46. The van der Waals surface area contributed by atoms with E-state index in [1.807, 2.05) is 38.1 Å². The Bertz CT molecular complexity index is 2200. The van der Waals surface area contributed by atoms with Crippen LogP contribution in [0.3, 0.4) is 0 Å². The highest BCUT2D eigenvalue weighted by atomic mass is 19.1. The first-order chi connectivity index (χ1) is 28.1. The molecule has 8 atom stereocenters. The number of carbonyl (C=O) groups is 2.